The molecule has 1 aromatic rings. The smallest absolute Gasteiger partial charge is 0.240 e. The summed E-state index contributed by atoms with van der Waals surface area (Å²) >= 11 is 0. The fraction of sp³-hybridized carbons (Fsp3) is 0.625. The van der Waals surface area contributed by atoms with Gasteiger partial charge in [-0.2, -0.15) is 0 Å². The molecule has 22 heavy (non-hydrogen) atoms. The molecular formula is C16H27N3O2S. The Morgan fingerprint density at radius 1 is 1.05 bits per heavy atom. The molecule has 0 radical (unpaired) electrons. The molecule has 1 aromatic carbocycles. The Morgan fingerprint density at radius 2 is 1.68 bits per heavy atom. The Labute approximate surface area is 134 Å². The molecule has 6 heteroatoms. The summed E-state index contributed by atoms with van der Waals surface area (Å²) in [6.07, 6.45) is 0.718. The summed E-state index contributed by atoms with van der Waals surface area (Å²) in [5.41, 5.74) is 0.867. The van der Waals surface area contributed by atoms with Crippen molar-refractivity contribution < 1.29 is 8.42 Å². The Hall–Kier alpha value is -0.950. The van der Waals surface area contributed by atoms with Crippen LogP contribution in [0, 0.1) is 0 Å². The average molecular weight is 325 g/mol. The first-order valence-corrected chi connectivity index (χ1v) is 9.57. The number of sulfonamides is 1. The lowest BCUT2D eigenvalue weighted by atomic mass is 10.2. The second-order valence-electron chi connectivity index (χ2n) is 5.63. The van der Waals surface area contributed by atoms with Crippen molar-refractivity contribution in [1.29, 1.82) is 0 Å². The third-order valence-electron chi connectivity index (χ3n) is 4.28. The van der Waals surface area contributed by atoms with Gasteiger partial charge in [-0.1, -0.05) is 32.0 Å². The number of nitrogens with zero attached hydrogens (tertiary/aromatic N) is 2. The maximum Gasteiger partial charge on any atom is 0.240 e. The number of aryl methyl sites for hydroxylation is 1. The fourth-order valence-electron chi connectivity index (χ4n) is 2.80. The first-order chi connectivity index (χ1) is 10.6. The third kappa shape index (κ3) is 4.52. The maximum atomic E-state index is 12.4. The van der Waals surface area contributed by atoms with Gasteiger partial charge in [0.2, 0.25) is 10.0 Å². The second kappa shape index (κ2) is 8.06. The normalized spacial score (nSPS) is 17.7. The number of hydrogen-bond donors (Lipinski definition) is 1. The SMILES string of the molecule is CCc1ccccc1S(=O)(=O)NCCN1CCN(CC)CC1. The van der Waals surface area contributed by atoms with Gasteiger partial charge in [-0.15, -0.1) is 0 Å². The molecule has 0 spiro atoms. The standard InChI is InChI=1S/C16H27N3O2S/c1-3-15-7-5-6-8-16(15)22(20,21)17-9-10-19-13-11-18(4-2)12-14-19/h5-8,17H,3-4,9-14H2,1-2H3. The number of piperazine rings is 1. The van der Waals surface area contributed by atoms with E-state index in [9.17, 15) is 8.42 Å². The molecule has 1 heterocycles. The first kappa shape index (κ1) is 17.4. The molecule has 0 amide bonds. The van der Waals surface area contributed by atoms with Crippen molar-refractivity contribution in [1.82, 2.24) is 14.5 Å². The molecule has 1 N–H and O–H groups in total. The van der Waals surface area contributed by atoms with E-state index >= 15 is 0 Å². The quantitative estimate of drug-likeness (QED) is 0.817. The van der Waals surface area contributed by atoms with Gasteiger partial charge in [-0.05, 0) is 24.6 Å². The summed E-state index contributed by atoms with van der Waals surface area (Å²) < 4.78 is 27.6. The summed E-state index contributed by atoms with van der Waals surface area (Å²) in [6, 6.07) is 7.21. The van der Waals surface area contributed by atoms with Gasteiger partial charge in [0.25, 0.3) is 0 Å². The van der Waals surface area contributed by atoms with Crippen molar-refractivity contribution in [3.05, 3.63) is 29.8 Å². The molecule has 0 unspecified atom stereocenters. The van der Waals surface area contributed by atoms with Crippen LogP contribution in [-0.4, -0.2) is 64.0 Å². The summed E-state index contributed by atoms with van der Waals surface area (Å²) in [5, 5.41) is 0. The number of likely N-dealkylation sites (N-methyl/N-ethyl adjacent to an activating group) is 1. The number of rotatable bonds is 7. The van der Waals surface area contributed by atoms with Gasteiger partial charge in [0.15, 0.2) is 0 Å². The van der Waals surface area contributed by atoms with E-state index < -0.39 is 10.0 Å². The zero-order chi connectivity index (χ0) is 16.0. The van der Waals surface area contributed by atoms with E-state index in [-0.39, 0.29) is 0 Å². The fourth-order valence-corrected chi connectivity index (χ4v) is 4.13. The van der Waals surface area contributed by atoms with Crippen molar-refractivity contribution >= 4 is 10.0 Å². The second-order valence-corrected chi connectivity index (χ2v) is 7.37. The van der Waals surface area contributed by atoms with Crippen molar-refractivity contribution in [2.24, 2.45) is 0 Å². The van der Waals surface area contributed by atoms with E-state index in [0.29, 0.717) is 11.4 Å². The highest BCUT2D eigenvalue weighted by Crippen LogP contribution is 2.15. The van der Waals surface area contributed by atoms with Crippen LogP contribution in [0.3, 0.4) is 0 Å². The first-order valence-electron chi connectivity index (χ1n) is 8.09. The minimum Gasteiger partial charge on any atom is -0.301 e. The highest BCUT2D eigenvalue weighted by atomic mass is 32.2. The monoisotopic (exact) mass is 325 g/mol. The van der Waals surface area contributed by atoms with E-state index in [0.717, 1.165) is 51.3 Å². The van der Waals surface area contributed by atoms with Crippen LogP contribution in [0.1, 0.15) is 19.4 Å². The predicted molar refractivity (Wildman–Crippen MR) is 89.6 cm³/mol. The Kier molecular flexibility index (Phi) is 6.37. The van der Waals surface area contributed by atoms with Crippen LogP contribution >= 0.6 is 0 Å². The van der Waals surface area contributed by atoms with E-state index in [2.05, 4.69) is 21.4 Å². The van der Waals surface area contributed by atoms with Gasteiger partial charge in [-0.25, -0.2) is 13.1 Å². The predicted octanol–water partition coefficient (Wildman–Crippen LogP) is 1.16. The topological polar surface area (TPSA) is 52.7 Å². The highest BCUT2D eigenvalue weighted by molar-refractivity contribution is 7.89. The zero-order valence-electron chi connectivity index (χ0n) is 13.6. The summed E-state index contributed by atoms with van der Waals surface area (Å²) in [7, 11) is -3.41. The average Bonchev–Trinajstić information content (AvgIpc) is 2.55. The van der Waals surface area contributed by atoms with Crippen LogP contribution in [0.25, 0.3) is 0 Å². The Morgan fingerprint density at radius 3 is 2.32 bits per heavy atom. The van der Waals surface area contributed by atoms with E-state index in [1.807, 2.05) is 19.1 Å². The molecule has 0 bridgehead atoms. The zero-order valence-corrected chi connectivity index (χ0v) is 14.4. The van der Waals surface area contributed by atoms with Gasteiger partial charge in [0.05, 0.1) is 4.90 Å². The Bertz CT molecular complexity index is 567. The van der Waals surface area contributed by atoms with Crippen molar-refractivity contribution in [2.45, 2.75) is 25.2 Å². The van der Waals surface area contributed by atoms with Gasteiger partial charge in [0.1, 0.15) is 0 Å². The molecule has 0 aromatic heterocycles. The lowest BCUT2D eigenvalue weighted by Gasteiger charge is -2.33. The molecule has 1 saturated heterocycles. The molecule has 1 fully saturated rings. The van der Waals surface area contributed by atoms with Crippen LogP contribution < -0.4 is 4.72 Å². The van der Waals surface area contributed by atoms with Gasteiger partial charge < -0.3 is 4.90 Å². The summed E-state index contributed by atoms with van der Waals surface area (Å²) in [5.74, 6) is 0. The molecule has 0 saturated carbocycles. The molecule has 0 aliphatic carbocycles. The molecular weight excluding hydrogens is 298 g/mol. The number of nitrogens with one attached hydrogen (secondary N) is 1. The van der Waals surface area contributed by atoms with Crippen LogP contribution in [0.2, 0.25) is 0 Å². The molecule has 0 atom stereocenters. The summed E-state index contributed by atoms with van der Waals surface area (Å²) in [6.45, 7) is 10.6. The van der Waals surface area contributed by atoms with E-state index in [1.54, 1.807) is 12.1 Å². The minimum absolute atomic E-state index is 0.410. The maximum absolute atomic E-state index is 12.4. The third-order valence-corrected chi connectivity index (χ3v) is 5.84. The van der Waals surface area contributed by atoms with Crippen molar-refractivity contribution in [2.75, 3.05) is 45.8 Å². The van der Waals surface area contributed by atoms with E-state index in [1.165, 1.54) is 0 Å². The van der Waals surface area contributed by atoms with Crippen molar-refractivity contribution in [3.63, 3.8) is 0 Å². The number of benzene rings is 1. The minimum atomic E-state index is -3.41. The highest BCUT2D eigenvalue weighted by Gasteiger charge is 2.19. The molecule has 1 aliphatic heterocycles. The van der Waals surface area contributed by atoms with Crippen LogP contribution in [-0.2, 0) is 16.4 Å². The molecule has 5 nitrogen and oxygen atoms in total. The lowest BCUT2D eigenvalue weighted by molar-refractivity contribution is 0.139. The summed E-state index contributed by atoms with van der Waals surface area (Å²) in [4.78, 5) is 5.15. The number of hydrogen-bond acceptors (Lipinski definition) is 4. The van der Waals surface area contributed by atoms with Gasteiger partial charge in [0, 0.05) is 39.3 Å². The molecule has 2 rings (SSSR count). The lowest BCUT2D eigenvalue weighted by Crippen LogP contribution is -2.48. The van der Waals surface area contributed by atoms with Gasteiger partial charge in [-0.3, -0.25) is 4.90 Å². The van der Waals surface area contributed by atoms with E-state index in [4.69, 9.17) is 0 Å². The Balaban J connectivity index is 1.86. The van der Waals surface area contributed by atoms with Crippen LogP contribution in [0.4, 0.5) is 0 Å². The molecule has 1 aliphatic rings. The van der Waals surface area contributed by atoms with Crippen LogP contribution in [0.15, 0.2) is 29.2 Å². The van der Waals surface area contributed by atoms with Gasteiger partial charge >= 0.3 is 0 Å². The largest absolute Gasteiger partial charge is 0.301 e. The van der Waals surface area contributed by atoms with Crippen LogP contribution in [0.5, 0.6) is 0 Å². The van der Waals surface area contributed by atoms with Crippen molar-refractivity contribution in [3.8, 4) is 0 Å². The molecule has 124 valence electrons.